The summed E-state index contributed by atoms with van der Waals surface area (Å²) < 4.78 is 0. The molecule has 0 aromatic rings. The average molecular weight is 199 g/mol. The van der Waals surface area contributed by atoms with Crippen LogP contribution in [0.1, 0.15) is 26.2 Å². The molecular formula is C10H21N3O. The van der Waals surface area contributed by atoms with Gasteiger partial charge in [-0.2, -0.15) is 0 Å². The maximum absolute atomic E-state index is 11.1. The second kappa shape index (κ2) is 5.86. The minimum atomic E-state index is -0.0565. The molecule has 4 heteroatoms. The van der Waals surface area contributed by atoms with Crippen molar-refractivity contribution < 1.29 is 4.79 Å². The molecule has 0 atom stereocenters. The zero-order valence-electron chi connectivity index (χ0n) is 9.18. The van der Waals surface area contributed by atoms with E-state index in [1.54, 1.807) is 7.05 Å². The van der Waals surface area contributed by atoms with Gasteiger partial charge in [0.05, 0.1) is 0 Å². The van der Waals surface area contributed by atoms with E-state index in [9.17, 15) is 4.79 Å². The fraction of sp³-hybridized carbons (Fsp3) is 0.900. The van der Waals surface area contributed by atoms with Gasteiger partial charge in [-0.25, -0.2) is 4.79 Å². The van der Waals surface area contributed by atoms with Crippen LogP contribution >= 0.6 is 0 Å². The number of urea groups is 1. The monoisotopic (exact) mass is 199 g/mol. The topological polar surface area (TPSA) is 44.4 Å². The Labute approximate surface area is 86.0 Å². The van der Waals surface area contributed by atoms with E-state index in [4.69, 9.17) is 0 Å². The molecule has 82 valence electrons. The second-order valence-corrected chi connectivity index (χ2v) is 3.84. The molecule has 0 saturated carbocycles. The predicted octanol–water partition coefficient (Wildman–Crippen LogP) is 0.790. The number of rotatable bonds is 3. The van der Waals surface area contributed by atoms with Crippen molar-refractivity contribution in [2.45, 2.75) is 32.2 Å². The summed E-state index contributed by atoms with van der Waals surface area (Å²) in [5, 5.41) is 5.54. The van der Waals surface area contributed by atoms with E-state index in [0.717, 1.165) is 25.9 Å². The molecule has 0 spiro atoms. The number of hydrogen-bond donors (Lipinski definition) is 2. The van der Waals surface area contributed by atoms with Crippen molar-refractivity contribution in [2.75, 3.05) is 26.7 Å². The molecule has 2 amide bonds. The Kier molecular flexibility index (Phi) is 4.73. The first-order valence-corrected chi connectivity index (χ1v) is 5.47. The lowest BCUT2D eigenvalue weighted by molar-refractivity contribution is 0.193. The van der Waals surface area contributed by atoms with Crippen molar-refractivity contribution in [3.8, 4) is 0 Å². The molecule has 0 aromatic heterocycles. The van der Waals surface area contributed by atoms with Crippen LogP contribution in [0.5, 0.6) is 0 Å². The highest BCUT2D eigenvalue weighted by Crippen LogP contribution is 2.10. The lowest BCUT2D eigenvalue weighted by Crippen LogP contribution is -2.47. The molecule has 1 saturated heterocycles. The molecule has 0 aromatic carbocycles. The van der Waals surface area contributed by atoms with Gasteiger partial charge in [-0.05, 0) is 25.8 Å². The third kappa shape index (κ3) is 3.54. The summed E-state index contributed by atoms with van der Waals surface area (Å²) in [6.45, 7) is 5.62. The first-order chi connectivity index (χ1) is 6.76. The smallest absolute Gasteiger partial charge is 0.314 e. The maximum atomic E-state index is 11.1. The maximum Gasteiger partial charge on any atom is 0.314 e. The van der Waals surface area contributed by atoms with Gasteiger partial charge in [0.2, 0.25) is 0 Å². The van der Waals surface area contributed by atoms with Crippen molar-refractivity contribution in [1.29, 1.82) is 0 Å². The Balaban J connectivity index is 2.18. The number of piperidine rings is 1. The summed E-state index contributed by atoms with van der Waals surface area (Å²) in [7, 11) is 1.65. The van der Waals surface area contributed by atoms with E-state index in [2.05, 4.69) is 22.5 Å². The van der Waals surface area contributed by atoms with Gasteiger partial charge in [0.1, 0.15) is 0 Å². The third-order valence-corrected chi connectivity index (χ3v) is 2.69. The van der Waals surface area contributed by atoms with Crippen LogP contribution < -0.4 is 10.6 Å². The largest absolute Gasteiger partial charge is 0.341 e. The zero-order chi connectivity index (χ0) is 10.4. The van der Waals surface area contributed by atoms with Gasteiger partial charge < -0.3 is 15.5 Å². The third-order valence-electron chi connectivity index (χ3n) is 2.69. The van der Waals surface area contributed by atoms with Gasteiger partial charge >= 0.3 is 6.03 Å². The van der Waals surface area contributed by atoms with E-state index in [0.29, 0.717) is 6.04 Å². The second-order valence-electron chi connectivity index (χ2n) is 3.84. The van der Waals surface area contributed by atoms with Gasteiger partial charge in [0.25, 0.3) is 0 Å². The molecule has 0 aliphatic carbocycles. The highest BCUT2D eigenvalue weighted by molar-refractivity contribution is 5.73. The Morgan fingerprint density at radius 1 is 1.43 bits per heavy atom. The van der Waals surface area contributed by atoms with E-state index in [1.807, 2.05) is 0 Å². The fourth-order valence-electron chi connectivity index (χ4n) is 1.87. The SMILES string of the molecule is CCCN1CCC(NC(=O)NC)CC1. The number of carbonyl (C=O) groups excluding carboxylic acids is 1. The fourth-order valence-corrected chi connectivity index (χ4v) is 1.87. The molecule has 1 aliphatic heterocycles. The predicted molar refractivity (Wildman–Crippen MR) is 57.3 cm³/mol. The minimum Gasteiger partial charge on any atom is -0.341 e. The van der Waals surface area contributed by atoms with E-state index >= 15 is 0 Å². The van der Waals surface area contributed by atoms with Gasteiger partial charge in [-0.15, -0.1) is 0 Å². The summed E-state index contributed by atoms with van der Waals surface area (Å²) in [6, 6.07) is 0.307. The van der Waals surface area contributed by atoms with Crippen molar-refractivity contribution >= 4 is 6.03 Å². The van der Waals surface area contributed by atoms with Crippen LogP contribution in [0.15, 0.2) is 0 Å². The van der Waals surface area contributed by atoms with E-state index < -0.39 is 0 Å². The van der Waals surface area contributed by atoms with E-state index in [1.165, 1.54) is 13.0 Å². The average Bonchev–Trinajstić information content (AvgIpc) is 2.21. The Morgan fingerprint density at radius 3 is 2.57 bits per heavy atom. The standard InChI is InChI=1S/C10H21N3O/c1-3-6-13-7-4-9(5-8-13)12-10(14)11-2/h9H,3-8H2,1-2H3,(H2,11,12,14). The first-order valence-electron chi connectivity index (χ1n) is 5.47. The normalized spacial score (nSPS) is 19.3. The minimum absolute atomic E-state index is 0.0565. The van der Waals surface area contributed by atoms with Crippen molar-refractivity contribution in [1.82, 2.24) is 15.5 Å². The Morgan fingerprint density at radius 2 is 2.07 bits per heavy atom. The van der Waals surface area contributed by atoms with Crippen molar-refractivity contribution in [3.05, 3.63) is 0 Å². The lowest BCUT2D eigenvalue weighted by atomic mass is 10.1. The van der Waals surface area contributed by atoms with Crippen LogP contribution in [0.4, 0.5) is 4.79 Å². The van der Waals surface area contributed by atoms with Gasteiger partial charge in [0, 0.05) is 26.2 Å². The highest BCUT2D eigenvalue weighted by atomic mass is 16.2. The first kappa shape index (κ1) is 11.3. The Hall–Kier alpha value is -0.770. The summed E-state index contributed by atoms with van der Waals surface area (Å²) >= 11 is 0. The van der Waals surface area contributed by atoms with Crippen LogP contribution in [-0.2, 0) is 0 Å². The summed E-state index contributed by atoms with van der Waals surface area (Å²) in [5.41, 5.74) is 0. The van der Waals surface area contributed by atoms with Crippen LogP contribution in [0.25, 0.3) is 0 Å². The molecule has 4 nitrogen and oxygen atoms in total. The lowest BCUT2D eigenvalue weighted by Gasteiger charge is -2.31. The Bertz CT molecular complexity index is 176. The van der Waals surface area contributed by atoms with Gasteiger partial charge in [0.15, 0.2) is 0 Å². The molecule has 1 rings (SSSR count). The number of nitrogens with one attached hydrogen (secondary N) is 2. The number of likely N-dealkylation sites (tertiary alicyclic amines) is 1. The molecule has 1 aliphatic rings. The summed E-state index contributed by atoms with van der Waals surface area (Å²) in [6.07, 6.45) is 3.37. The van der Waals surface area contributed by atoms with Gasteiger partial charge in [-0.1, -0.05) is 6.92 Å². The number of nitrogens with zero attached hydrogens (tertiary/aromatic N) is 1. The molecule has 0 bridgehead atoms. The van der Waals surface area contributed by atoms with Crippen LogP contribution in [0, 0.1) is 0 Å². The molecule has 1 fully saturated rings. The number of amides is 2. The number of hydrogen-bond acceptors (Lipinski definition) is 2. The molecule has 14 heavy (non-hydrogen) atoms. The molecular weight excluding hydrogens is 178 g/mol. The summed E-state index contributed by atoms with van der Waals surface area (Å²) in [4.78, 5) is 13.5. The van der Waals surface area contributed by atoms with E-state index in [-0.39, 0.29) is 6.03 Å². The quantitative estimate of drug-likeness (QED) is 0.706. The van der Waals surface area contributed by atoms with Crippen LogP contribution in [0.3, 0.4) is 0 Å². The number of carbonyl (C=O) groups is 1. The molecule has 0 radical (unpaired) electrons. The van der Waals surface area contributed by atoms with Crippen LogP contribution in [-0.4, -0.2) is 43.7 Å². The van der Waals surface area contributed by atoms with Gasteiger partial charge in [-0.3, -0.25) is 0 Å². The zero-order valence-corrected chi connectivity index (χ0v) is 9.18. The van der Waals surface area contributed by atoms with Crippen molar-refractivity contribution in [2.24, 2.45) is 0 Å². The summed E-state index contributed by atoms with van der Waals surface area (Å²) in [5.74, 6) is 0. The molecule has 1 heterocycles. The van der Waals surface area contributed by atoms with Crippen molar-refractivity contribution in [3.63, 3.8) is 0 Å². The molecule has 2 N–H and O–H groups in total. The van der Waals surface area contributed by atoms with Crippen LogP contribution in [0.2, 0.25) is 0 Å². The highest BCUT2D eigenvalue weighted by Gasteiger charge is 2.19. The molecule has 0 unspecified atom stereocenters.